The summed E-state index contributed by atoms with van der Waals surface area (Å²) >= 11 is 0. The van der Waals surface area contributed by atoms with E-state index in [1.165, 1.54) is 0 Å². The number of nitrogens with zero attached hydrogens (tertiary/aromatic N) is 1. The van der Waals surface area contributed by atoms with Crippen LogP contribution in [0.25, 0.3) is 0 Å². The number of carbonyl (C=O) groups is 1. The van der Waals surface area contributed by atoms with Gasteiger partial charge in [-0.25, -0.2) is 0 Å². The highest BCUT2D eigenvalue weighted by atomic mass is 16.7. The minimum atomic E-state index is 0.0280. The molecule has 2 aliphatic heterocycles. The standard InChI is InChI=1S/C21H24N2O4/c24-21(12-16-4-2-1-3-5-16)22-14-18(23-8-10-25-11-9-23)17-6-7-19-20(13-17)27-15-26-19/h1-7,13,18H,8-12,14-15H2,(H,22,24). The molecule has 2 aliphatic rings. The normalized spacial score (nSPS) is 17.5. The molecule has 0 spiro atoms. The second kappa shape index (κ2) is 8.41. The van der Waals surface area contributed by atoms with Gasteiger partial charge in [-0.1, -0.05) is 36.4 Å². The topological polar surface area (TPSA) is 60.0 Å². The summed E-state index contributed by atoms with van der Waals surface area (Å²) in [6, 6.07) is 15.9. The Bertz CT molecular complexity index is 775. The number of morpholine rings is 1. The highest BCUT2D eigenvalue weighted by Crippen LogP contribution is 2.35. The van der Waals surface area contributed by atoms with Crippen LogP contribution in [0.1, 0.15) is 17.2 Å². The Balaban J connectivity index is 1.45. The molecule has 2 heterocycles. The first-order chi connectivity index (χ1) is 13.3. The van der Waals surface area contributed by atoms with E-state index in [1.54, 1.807) is 0 Å². The number of hydrogen-bond donors (Lipinski definition) is 1. The molecule has 1 N–H and O–H groups in total. The maximum Gasteiger partial charge on any atom is 0.231 e. The Hall–Kier alpha value is -2.57. The summed E-state index contributed by atoms with van der Waals surface area (Å²) in [5.41, 5.74) is 2.13. The van der Waals surface area contributed by atoms with E-state index in [-0.39, 0.29) is 18.7 Å². The third-order valence-electron chi connectivity index (χ3n) is 4.97. The quantitative estimate of drug-likeness (QED) is 0.847. The van der Waals surface area contributed by atoms with E-state index in [0.29, 0.717) is 26.2 Å². The van der Waals surface area contributed by atoms with Crippen molar-refractivity contribution in [2.24, 2.45) is 0 Å². The molecule has 1 fully saturated rings. The monoisotopic (exact) mass is 368 g/mol. The molecule has 6 nitrogen and oxygen atoms in total. The lowest BCUT2D eigenvalue weighted by Crippen LogP contribution is -2.44. The van der Waals surface area contributed by atoms with Gasteiger partial charge in [-0.15, -0.1) is 0 Å². The smallest absolute Gasteiger partial charge is 0.231 e. The molecule has 142 valence electrons. The fourth-order valence-electron chi connectivity index (χ4n) is 3.52. The zero-order chi connectivity index (χ0) is 18.5. The van der Waals surface area contributed by atoms with Crippen molar-refractivity contribution in [2.45, 2.75) is 12.5 Å². The Labute approximate surface area is 159 Å². The predicted octanol–water partition coefficient (Wildman–Crippen LogP) is 2.15. The molecule has 1 atom stereocenters. The third kappa shape index (κ3) is 4.40. The minimum absolute atomic E-state index is 0.0280. The summed E-state index contributed by atoms with van der Waals surface area (Å²) in [5.74, 6) is 1.56. The number of fused-ring (bicyclic) bond motifs is 1. The third-order valence-corrected chi connectivity index (χ3v) is 4.97. The van der Waals surface area contributed by atoms with Crippen LogP contribution < -0.4 is 14.8 Å². The molecule has 2 aromatic rings. The Morgan fingerprint density at radius 1 is 1.04 bits per heavy atom. The van der Waals surface area contributed by atoms with Crippen LogP contribution in [0.2, 0.25) is 0 Å². The molecule has 0 bridgehead atoms. The zero-order valence-electron chi connectivity index (χ0n) is 15.2. The van der Waals surface area contributed by atoms with Gasteiger partial charge in [-0.3, -0.25) is 9.69 Å². The second-order valence-electron chi connectivity index (χ2n) is 6.74. The van der Waals surface area contributed by atoms with Gasteiger partial charge in [0.25, 0.3) is 0 Å². The number of benzene rings is 2. The lowest BCUT2D eigenvalue weighted by molar-refractivity contribution is -0.120. The van der Waals surface area contributed by atoms with Crippen LogP contribution in [-0.2, 0) is 16.0 Å². The number of amides is 1. The van der Waals surface area contributed by atoms with Crippen molar-refractivity contribution in [1.82, 2.24) is 10.2 Å². The number of hydrogen-bond acceptors (Lipinski definition) is 5. The SMILES string of the molecule is O=C(Cc1ccccc1)NCC(c1ccc2c(c1)OCO2)N1CCOCC1. The van der Waals surface area contributed by atoms with Crippen molar-refractivity contribution < 1.29 is 19.0 Å². The van der Waals surface area contributed by atoms with Crippen molar-refractivity contribution in [3.8, 4) is 11.5 Å². The van der Waals surface area contributed by atoms with Crippen LogP contribution in [0.3, 0.4) is 0 Å². The minimum Gasteiger partial charge on any atom is -0.454 e. The highest BCUT2D eigenvalue weighted by molar-refractivity contribution is 5.78. The maximum atomic E-state index is 12.4. The van der Waals surface area contributed by atoms with Crippen molar-refractivity contribution in [3.63, 3.8) is 0 Å². The van der Waals surface area contributed by atoms with Crippen LogP contribution >= 0.6 is 0 Å². The summed E-state index contributed by atoms with van der Waals surface area (Å²) in [6.07, 6.45) is 0.387. The van der Waals surface area contributed by atoms with Crippen LogP contribution in [0, 0.1) is 0 Å². The Kier molecular flexibility index (Phi) is 5.55. The van der Waals surface area contributed by atoms with Crippen molar-refractivity contribution in [3.05, 3.63) is 59.7 Å². The van der Waals surface area contributed by atoms with E-state index in [2.05, 4.69) is 16.3 Å². The number of rotatable bonds is 6. The van der Waals surface area contributed by atoms with Crippen molar-refractivity contribution in [1.29, 1.82) is 0 Å². The van der Waals surface area contributed by atoms with Gasteiger partial charge >= 0.3 is 0 Å². The molecule has 27 heavy (non-hydrogen) atoms. The van der Waals surface area contributed by atoms with Crippen LogP contribution in [-0.4, -0.2) is 50.4 Å². The van der Waals surface area contributed by atoms with Gasteiger partial charge in [0.1, 0.15) is 0 Å². The van der Waals surface area contributed by atoms with E-state index in [0.717, 1.165) is 35.7 Å². The average molecular weight is 368 g/mol. The van der Waals surface area contributed by atoms with Gasteiger partial charge in [-0.05, 0) is 23.3 Å². The van der Waals surface area contributed by atoms with Gasteiger partial charge in [0.15, 0.2) is 11.5 Å². The number of ether oxygens (including phenoxy) is 3. The molecule has 2 aromatic carbocycles. The first-order valence-corrected chi connectivity index (χ1v) is 9.31. The molecule has 6 heteroatoms. The van der Waals surface area contributed by atoms with Gasteiger partial charge in [-0.2, -0.15) is 0 Å². The predicted molar refractivity (Wildman–Crippen MR) is 101 cm³/mol. The number of nitrogens with one attached hydrogen (secondary N) is 1. The van der Waals surface area contributed by atoms with Crippen LogP contribution in [0.4, 0.5) is 0 Å². The van der Waals surface area contributed by atoms with E-state index >= 15 is 0 Å². The van der Waals surface area contributed by atoms with E-state index in [1.807, 2.05) is 42.5 Å². The first-order valence-electron chi connectivity index (χ1n) is 9.31. The summed E-state index contributed by atoms with van der Waals surface area (Å²) < 4.78 is 16.4. The summed E-state index contributed by atoms with van der Waals surface area (Å²) in [4.78, 5) is 14.8. The van der Waals surface area contributed by atoms with E-state index < -0.39 is 0 Å². The largest absolute Gasteiger partial charge is 0.454 e. The molecular formula is C21H24N2O4. The molecule has 1 amide bonds. The fraction of sp³-hybridized carbons (Fsp3) is 0.381. The van der Waals surface area contributed by atoms with Crippen molar-refractivity contribution in [2.75, 3.05) is 39.6 Å². The molecule has 0 aliphatic carbocycles. The average Bonchev–Trinajstić information content (AvgIpc) is 3.18. The highest BCUT2D eigenvalue weighted by Gasteiger charge is 2.25. The summed E-state index contributed by atoms with van der Waals surface area (Å²) in [6.45, 7) is 3.90. The van der Waals surface area contributed by atoms with Gasteiger partial charge in [0.2, 0.25) is 12.7 Å². The van der Waals surface area contributed by atoms with Crippen LogP contribution in [0.15, 0.2) is 48.5 Å². The van der Waals surface area contributed by atoms with Gasteiger partial charge in [0, 0.05) is 19.6 Å². The van der Waals surface area contributed by atoms with Gasteiger partial charge < -0.3 is 19.5 Å². The van der Waals surface area contributed by atoms with Crippen molar-refractivity contribution >= 4 is 5.91 Å². The lowest BCUT2D eigenvalue weighted by atomic mass is 10.0. The summed E-state index contributed by atoms with van der Waals surface area (Å²) in [7, 11) is 0. The zero-order valence-corrected chi connectivity index (χ0v) is 15.2. The molecule has 4 rings (SSSR count). The van der Waals surface area contributed by atoms with E-state index in [9.17, 15) is 4.79 Å². The maximum absolute atomic E-state index is 12.4. The lowest BCUT2D eigenvalue weighted by Gasteiger charge is -2.35. The molecule has 0 aromatic heterocycles. The fourth-order valence-corrected chi connectivity index (χ4v) is 3.52. The number of carbonyl (C=O) groups excluding carboxylic acids is 1. The Morgan fingerprint density at radius 2 is 1.81 bits per heavy atom. The molecule has 1 unspecified atom stereocenters. The van der Waals surface area contributed by atoms with Gasteiger partial charge in [0.05, 0.1) is 25.7 Å². The second-order valence-corrected chi connectivity index (χ2v) is 6.74. The Morgan fingerprint density at radius 3 is 2.63 bits per heavy atom. The van der Waals surface area contributed by atoms with E-state index in [4.69, 9.17) is 14.2 Å². The molecular weight excluding hydrogens is 344 g/mol. The molecule has 0 radical (unpaired) electrons. The van der Waals surface area contributed by atoms with Crippen LogP contribution in [0.5, 0.6) is 11.5 Å². The molecule has 0 saturated carbocycles. The first kappa shape index (κ1) is 17.8. The summed E-state index contributed by atoms with van der Waals surface area (Å²) in [5, 5.41) is 3.10. The molecule has 1 saturated heterocycles.